The molecule has 3 aliphatic rings. The van der Waals surface area contributed by atoms with Crippen LogP contribution in [-0.4, -0.2) is 24.8 Å². The van der Waals surface area contributed by atoms with Crippen molar-refractivity contribution in [3.63, 3.8) is 0 Å². The monoisotopic (exact) mass is 237 g/mol. The number of nitrogens with one attached hydrogen (secondary N) is 1. The lowest BCUT2D eigenvalue weighted by Crippen LogP contribution is -2.44. The largest absolute Gasteiger partial charge is 0.373 e. The molecule has 0 amide bonds. The molecule has 98 valence electrons. The Kier molecular flexibility index (Phi) is 3.72. The highest BCUT2D eigenvalue weighted by atomic mass is 16.5. The molecule has 1 N–H and O–H groups in total. The molecule has 3 aliphatic carbocycles. The molecule has 0 heterocycles. The Bertz CT molecular complexity index is 219. The minimum absolute atomic E-state index is 0.196. The van der Waals surface area contributed by atoms with Crippen molar-refractivity contribution in [1.82, 2.24) is 5.32 Å². The van der Waals surface area contributed by atoms with Crippen LogP contribution in [0.5, 0.6) is 0 Å². The third-order valence-electron chi connectivity index (χ3n) is 4.63. The first-order valence-electron chi connectivity index (χ1n) is 7.74. The van der Waals surface area contributed by atoms with Crippen LogP contribution in [0.1, 0.15) is 64.2 Å². The molecule has 0 saturated heterocycles. The van der Waals surface area contributed by atoms with E-state index in [4.69, 9.17) is 4.74 Å². The Morgan fingerprint density at radius 3 is 2.24 bits per heavy atom. The summed E-state index contributed by atoms with van der Waals surface area (Å²) in [4.78, 5) is 0. The molecule has 2 heteroatoms. The summed E-state index contributed by atoms with van der Waals surface area (Å²) in [6.07, 6.45) is 13.7. The summed E-state index contributed by atoms with van der Waals surface area (Å²) in [6.45, 7) is 2.15. The van der Waals surface area contributed by atoms with Gasteiger partial charge in [-0.2, -0.15) is 0 Å². The maximum Gasteiger partial charge on any atom is 0.0806 e. The van der Waals surface area contributed by atoms with Crippen LogP contribution >= 0.6 is 0 Å². The van der Waals surface area contributed by atoms with Crippen LogP contribution in [0.25, 0.3) is 0 Å². The average molecular weight is 237 g/mol. The van der Waals surface area contributed by atoms with Crippen LogP contribution in [0.3, 0.4) is 0 Å². The zero-order valence-electron chi connectivity index (χ0n) is 11.0. The molecule has 0 aromatic carbocycles. The maximum atomic E-state index is 6.39. The standard InChI is InChI=1S/C15H27NO/c1-2-4-10-15(9-3-1,12-16-14-7-8-14)17-11-13-5-6-13/h13-14,16H,1-12H2. The lowest BCUT2D eigenvalue weighted by Gasteiger charge is -2.33. The van der Waals surface area contributed by atoms with Gasteiger partial charge in [0.15, 0.2) is 0 Å². The number of ether oxygens (including phenoxy) is 1. The van der Waals surface area contributed by atoms with Crippen molar-refractivity contribution >= 4 is 0 Å². The SMILES string of the molecule is C1CCCC(CNC2CC2)(OCC2CC2)CC1. The van der Waals surface area contributed by atoms with Crippen LogP contribution in [0.2, 0.25) is 0 Å². The molecular formula is C15H27NO. The van der Waals surface area contributed by atoms with Crippen LogP contribution in [0.15, 0.2) is 0 Å². The minimum atomic E-state index is 0.196. The van der Waals surface area contributed by atoms with E-state index >= 15 is 0 Å². The van der Waals surface area contributed by atoms with Gasteiger partial charge in [0.2, 0.25) is 0 Å². The van der Waals surface area contributed by atoms with E-state index in [-0.39, 0.29) is 5.60 Å². The molecule has 0 spiro atoms. The van der Waals surface area contributed by atoms with Crippen LogP contribution in [0.4, 0.5) is 0 Å². The Labute approximate surface area is 105 Å². The average Bonchev–Trinajstić information content (AvgIpc) is 3.21. The van der Waals surface area contributed by atoms with E-state index in [1.54, 1.807) is 0 Å². The van der Waals surface area contributed by atoms with Gasteiger partial charge in [0.05, 0.1) is 12.2 Å². The molecule has 0 aromatic rings. The predicted molar refractivity (Wildman–Crippen MR) is 70.1 cm³/mol. The van der Waals surface area contributed by atoms with Gasteiger partial charge in [-0.05, 0) is 44.4 Å². The van der Waals surface area contributed by atoms with Gasteiger partial charge >= 0.3 is 0 Å². The van der Waals surface area contributed by atoms with Gasteiger partial charge in [-0.1, -0.05) is 25.7 Å². The molecule has 17 heavy (non-hydrogen) atoms. The first-order chi connectivity index (χ1) is 8.36. The first kappa shape index (κ1) is 12.0. The van der Waals surface area contributed by atoms with Crippen molar-refractivity contribution in [3.05, 3.63) is 0 Å². The first-order valence-corrected chi connectivity index (χ1v) is 7.74. The molecule has 0 unspecified atom stereocenters. The number of hydrogen-bond donors (Lipinski definition) is 1. The lowest BCUT2D eigenvalue weighted by atomic mass is 9.94. The molecule has 3 saturated carbocycles. The van der Waals surface area contributed by atoms with Gasteiger partial charge in [0.1, 0.15) is 0 Å². The van der Waals surface area contributed by atoms with E-state index in [1.165, 1.54) is 64.2 Å². The summed E-state index contributed by atoms with van der Waals surface area (Å²) in [5, 5.41) is 3.71. The van der Waals surface area contributed by atoms with Gasteiger partial charge < -0.3 is 10.1 Å². The summed E-state index contributed by atoms with van der Waals surface area (Å²) in [5.41, 5.74) is 0.196. The second-order valence-electron chi connectivity index (χ2n) is 6.51. The summed E-state index contributed by atoms with van der Waals surface area (Å²) < 4.78 is 6.39. The third-order valence-corrected chi connectivity index (χ3v) is 4.63. The highest BCUT2D eigenvalue weighted by molar-refractivity contribution is 4.91. The summed E-state index contributed by atoms with van der Waals surface area (Å²) in [7, 11) is 0. The van der Waals surface area contributed by atoms with E-state index in [0.29, 0.717) is 0 Å². The van der Waals surface area contributed by atoms with Crippen LogP contribution < -0.4 is 5.32 Å². The molecule has 0 aliphatic heterocycles. The fraction of sp³-hybridized carbons (Fsp3) is 1.00. The Balaban J connectivity index is 1.53. The van der Waals surface area contributed by atoms with Gasteiger partial charge in [-0.25, -0.2) is 0 Å². The Morgan fingerprint density at radius 2 is 1.65 bits per heavy atom. The highest BCUT2D eigenvalue weighted by Gasteiger charge is 2.35. The zero-order valence-corrected chi connectivity index (χ0v) is 11.0. The van der Waals surface area contributed by atoms with E-state index in [1.807, 2.05) is 0 Å². The molecular weight excluding hydrogens is 210 g/mol. The third kappa shape index (κ3) is 3.69. The van der Waals surface area contributed by atoms with E-state index in [2.05, 4.69) is 5.32 Å². The molecule has 2 nitrogen and oxygen atoms in total. The fourth-order valence-corrected chi connectivity index (χ4v) is 2.94. The van der Waals surface area contributed by atoms with Gasteiger partial charge in [-0.15, -0.1) is 0 Å². The predicted octanol–water partition coefficient (Wildman–Crippen LogP) is 3.26. The highest BCUT2D eigenvalue weighted by Crippen LogP contribution is 2.35. The smallest absolute Gasteiger partial charge is 0.0806 e. The quantitative estimate of drug-likeness (QED) is 0.716. The fourth-order valence-electron chi connectivity index (χ4n) is 2.94. The van der Waals surface area contributed by atoms with Crippen molar-refractivity contribution in [2.45, 2.75) is 75.9 Å². The second-order valence-corrected chi connectivity index (χ2v) is 6.51. The zero-order chi connectivity index (χ0) is 11.6. The summed E-state index contributed by atoms with van der Waals surface area (Å²) in [6, 6.07) is 0.819. The molecule has 0 radical (unpaired) electrons. The van der Waals surface area contributed by atoms with E-state index in [9.17, 15) is 0 Å². The molecule has 0 aromatic heterocycles. The van der Waals surface area contributed by atoms with Crippen molar-refractivity contribution in [2.75, 3.05) is 13.2 Å². The maximum absolute atomic E-state index is 6.39. The van der Waals surface area contributed by atoms with Crippen LogP contribution in [0, 0.1) is 5.92 Å². The summed E-state index contributed by atoms with van der Waals surface area (Å²) >= 11 is 0. The van der Waals surface area contributed by atoms with Crippen molar-refractivity contribution in [3.8, 4) is 0 Å². The number of rotatable bonds is 6. The van der Waals surface area contributed by atoms with Crippen LogP contribution in [-0.2, 0) is 4.74 Å². The second kappa shape index (κ2) is 5.27. The molecule has 3 fully saturated rings. The number of hydrogen-bond acceptors (Lipinski definition) is 2. The molecule has 0 atom stereocenters. The van der Waals surface area contributed by atoms with Gasteiger partial charge in [0.25, 0.3) is 0 Å². The van der Waals surface area contributed by atoms with Gasteiger partial charge in [0, 0.05) is 12.6 Å². The summed E-state index contributed by atoms with van der Waals surface area (Å²) in [5.74, 6) is 0.899. The van der Waals surface area contributed by atoms with E-state index < -0.39 is 0 Å². The van der Waals surface area contributed by atoms with E-state index in [0.717, 1.165) is 25.1 Å². The van der Waals surface area contributed by atoms with Gasteiger partial charge in [-0.3, -0.25) is 0 Å². The topological polar surface area (TPSA) is 21.3 Å². The minimum Gasteiger partial charge on any atom is -0.373 e. The molecule has 0 bridgehead atoms. The molecule has 3 rings (SSSR count). The normalized spacial score (nSPS) is 28.9. The lowest BCUT2D eigenvalue weighted by molar-refractivity contribution is -0.0598. The van der Waals surface area contributed by atoms with Crippen molar-refractivity contribution in [1.29, 1.82) is 0 Å². The Morgan fingerprint density at radius 1 is 0.941 bits per heavy atom. The van der Waals surface area contributed by atoms with Crippen molar-refractivity contribution in [2.24, 2.45) is 5.92 Å². The Hall–Kier alpha value is -0.0800. The van der Waals surface area contributed by atoms with Crippen molar-refractivity contribution < 1.29 is 4.74 Å².